The number of hydrogen-bond donors (Lipinski definition) is 1. The maximum absolute atomic E-state index is 13.2. The van der Waals surface area contributed by atoms with Gasteiger partial charge in [-0.25, -0.2) is 0 Å². The third-order valence-corrected chi connectivity index (χ3v) is 6.59. The number of anilines is 1. The number of hydrogen-bond acceptors (Lipinski definition) is 5. The zero-order valence-electron chi connectivity index (χ0n) is 18.1. The first-order valence-electron chi connectivity index (χ1n) is 10.8. The number of carbonyl (C=O) groups excluding carboxylic acids is 2. The summed E-state index contributed by atoms with van der Waals surface area (Å²) >= 11 is 1.43. The summed E-state index contributed by atoms with van der Waals surface area (Å²) in [6.45, 7) is 0.428. The first kappa shape index (κ1) is 21.7. The first-order valence-corrected chi connectivity index (χ1v) is 11.7. The fourth-order valence-electron chi connectivity index (χ4n) is 4.01. The Kier molecular flexibility index (Phi) is 5.97. The highest BCUT2D eigenvalue weighted by Crippen LogP contribution is 2.43. The number of benzene rings is 3. The van der Waals surface area contributed by atoms with Crippen LogP contribution in [0.5, 0.6) is 5.75 Å². The summed E-state index contributed by atoms with van der Waals surface area (Å²) in [5.74, 6) is -0.901. The molecule has 6 heteroatoms. The molecule has 0 saturated carbocycles. The van der Waals surface area contributed by atoms with Gasteiger partial charge in [0.2, 0.25) is 0 Å². The molecule has 34 heavy (non-hydrogen) atoms. The molecule has 168 valence electrons. The number of ketones is 1. The predicted octanol–water partition coefficient (Wildman–Crippen LogP) is 5.95. The molecule has 0 aliphatic carbocycles. The number of Topliss-reactive ketones (excluding diaryl/α,β-unsaturated/α-hetero) is 1. The fraction of sp³-hybridized carbons (Fsp3) is 0.0714. The van der Waals surface area contributed by atoms with Crippen LogP contribution in [0.25, 0.3) is 5.76 Å². The Morgan fingerprint density at radius 2 is 1.53 bits per heavy atom. The minimum absolute atomic E-state index is 0.0862. The van der Waals surface area contributed by atoms with E-state index in [2.05, 4.69) is 0 Å². The van der Waals surface area contributed by atoms with Crippen molar-refractivity contribution in [2.75, 3.05) is 4.90 Å². The van der Waals surface area contributed by atoms with Gasteiger partial charge < -0.3 is 9.84 Å². The van der Waals surface area contributed by atoms with Gasteiger partial charge in [0.15, 0.2) is 0 Å². The monoisotopic (exact) mass is 467 g/mol. The van der Waals surface area contributed by atoms with E-state index in [1.165, 1.54) is 16.2 Å². The van der Waals surface area contributed by atoms with Crippen LogP contribution in [0.2, 0.25) is 0 Å². The second-order valence-electron chi connectivity index (χ2n) is 7.82. The van der Waals surface area contributed by atoms with E-state index in [0.717, 1.165) is 10.4 Å². The smallest absolute Gasteiger partial charge is 0.300 e. The van der Waals surface area contributed by atoms with Crippen LogP contribution >= 0.6 is 11.3 Å². The van der Waals surface area contributed by atoms with E-state index in [0.29, 0.717) is 23.6 Å². The van der Waals surface area contributed by atoms with E-state index in [1.54, 1.807) is 48.5 Å². The average molecular weight is 468 g/mol. The second-order valence-corrected chi connectivity index (χ2v) is 8.80. The van der Waals surface area contributed by atoms with E-state index in [1.807, 2.05) is 53.9 Å². The third kappa shape index (κ3) is 4.11. The number of ether oxygens (including phenoxy) is 1. The van der Waals surface area contributed by atoms with Crippen LogP contribution in [0.15, 0.2) is 108 Å². The van der Waals surface area contributed by atoms with Crippen molar-refractivity contribution in [1.29, 1.82) is 0 Å². The van der Waals surface area contributed by atoms with Gasteiger partial charge in [0.25, 0.3) is 11.7 Å². The Hall–Kier alpha value is -4.16. The molecule has 2 heterocycles. The number of aliphatic hydroxyl groups is 1. The molecule has 4 aromatic rings. The zero-order chi connectivity index (χ0) is 23.5. The Bertz CT molecular complexity index is 1330. The normalized spacial score (nSPS) is 17.2. The molecule has 1 atom stereocenters. The predicted molar refractivity (Wildman–Crippen MR) is 133 cm³/mol. The molecule has 5 nitrogen and oxygen atoms in total. The maximum atomic E-state index is 13.2. The minimum Gasteiger partial charge on any atom is -0.507 e. The van der Waals surface area contributed by atoms with Crippen molar-refractivity contribution in [3.05, 3.63) is 124 Å². The molecule has 1 aliphatic rings. The lowest BCUT2D eigenvalue weighted by atomic mass is 10.00. The number of amides is 1. The summed E-state index contributed by atoms with van der Waals surface area (Å²) < 4.78 is 5.86. The van der Waals surface area contributed by atoms with Gasteiger partial charge in [-0.1, -0.05) is 66.7 Å². The Morgan fingerprint density at radius 1 is 0.853 bits per heavy atom. The molecule has 1 unspecified atom stereocenters. The van der Waals surface area contributed by atoms with Gasteiger partial charge in [0.05, 0.1) is 5.57 Å². The summed E-state index contributed by atoms with van der Waals surface area (Å²) in [7, 11) is 0. The SMILES string of the molecule is O=C1C(=O)N(c2ccc(OCc3ccccc3)cc2)C(c2cccs2)/C1=C(/O)c1ccccc1. The largest absolute Gasteiger partial charge is 0.507 e. The van der Waals surface area contributed by atoms with Crippen molar-refractivity contribution in [3.8, 4) is 5.75 Å². The van der Waals surface area contributed by atoms with Gasteiger partial charge in [-0.15, -0.1) is 11.3 Å². The van der Waals surface area contributed by atoms with Crippen molar-refractivity contribution in [2.24, 2.45) is 0 Å². The van der Waals surface area contributed by atoms with Crippen molar-refractivity contribution >= 4 is 34.5 Å². The number of thiophene rings is 1. The van der Waals surface area contributed by atoms with Crippen LogP contribution in [-0.4, -0.2) is 16.8 Å². The van der Waals surface area contributed by atoms with Gasteiger partial charge >= 0.3 is 0 Å². The standard InChI is InChI=1S/C28H21NO4S/c30-26(20-10-5-2-6-11-20)24-25(23-12-7-17-34-23)29(28(32)27(24)31)21-13-15-22(16-14-21)33-18-19-8-3-1-4-9-19/h1-17,25,30H,18H2/b26-24-. The van der Waals surface area contributed by atoms with E-state index < -0.39 is 17.7 Å². The van der Waals surface area contributed by atoms with Gasteiger partial charge in [0.1, 0.15) is 24.2 Å². The lowest BCUT2D eigenvalue weighted by molar-refractivity contribution is -0.132. The van der Waals surface area contributed by atoms with Gasteiger partial charge in [-0.05, 0) is 41.3 Å². The average Bonchev–Trinajstić information content (AvgIpc) is 3.51. The van der Waals surface area contributed by atoms with Crippen molar-refractivity contribution in [3.63, 3.8) is 0 Å². The topological polar surface area (TPSA) is 66.8 Å². The summed E-state index contributed by atoms with van der Waals surface area (Å²) in [5, 5.41) is 12.9. The van der Waals surface area contributed by atoms with Crippen LogP contribution in [0, 0.1) is 0 Å². The van der Waals surface area contributed by atoms with Crippen molar-refractivity contribution in [2.45, 2.75) is 12.6 Å². The van der Waals surface area contributed by atoms with Crippen molar-refractivity contribution in [1.82, 2.24) is 0 Å². The van der Waals surface area contributed by atoms with Gasteiger partial charge in [-0.2, -0.15) is 0 Å². The van der Waals surface area contributed by atoms with E-state index >= 15 is 0 Å². The Labute approximate surface area is 201 Å². The number of carbonyl (C=O) groups is 2. The van der Waals surface area contributed by atoms with Crippen LogP contribution < -0.4 is 9.64 Å². The van der Waals surface area contributed by atoms with Crippen molar-refractivity contribution < 1.29 is 19.4 Å². The molecule has 3 aromatic carbocycles. The summed E-state index contributed by atoms with van der Waals surface area (Å²) in [5.41, 5.74) is 2.19. The molecule has 1 amide bonds. The molecule has 1 saturated heterocycles. The fourth-order valence-corrected chi connectivity index (χ4v) is 4.83. The molecule has 0 spiro atoms. The molecule has 5 rings (SSSR count). The van der Waals surface area contributed by atoms with Crippen LogP contribution in [-0.2, 0) is 16.2 Å². The number of aliphatic hydroxyl groups excluding tert-OH is 1. The summed E-state index contributed by atoms with van der Waals surface area (Å²) in [6, 6.07) is 28.7. The summed E-state index contributed by atoms with van der Waals surface area (Å²) in [6.07, 6.45) is 0. The van der Waals surface area contributed by atoms with Crippen LogP contribution in [0.1, 0.15) is 22.0 Å². The Morgan fingerprint density at radius 3 is 2.18 bits per heavy atom. The van der Waals surface area contributed by atoms with E-state index in [-0.39, 0.29) is 11.3 Å². The van der Waals surface area contributed by atoms with E-state index in [4.69, 9.17) is 4.74 Å². The minimum atomic E-state index is -0.712. The second kappa shape index (κ2) is 9.37. The third-order valence-electron chi connectivity index (χ3n) is 5.67. The quantitative estimate of drug-likeness (QED) is 0.216. The highest BCUT2D eigenvalue weighted by molar-refractivity contribution is 7.10. The summed E-state index contributed by atoms with van der Waals surface area (Å²) in [4.78, 5) is 28.5. The highest BCUT2D eigenvalue weighted by Gasteiger charge is 2.47. The number of nitrogens with zero attached hydrogens (tertiary/aromatic N) is 1. The molecular formula is C28H21NO4S. The molecule has 0 bridgehead atoms. The Balaban J connectivity index is 1.49. The van der Waals surface area contributed by atoms with Gasteiger partial charge in [0, 0.05) is 16.1 Å². The zero-order valence-corrected chi connectivity index (χ0v) is 18.9. The van der Waals surface area contributed by atoms with Gasteiger partial charge in [-0.3, -0.25) is 14.5 Å². The van der Waals surface area contributed by atoms with Crippen LogP contribution in [0.3, 0.4) is 0 Å². The van der Waals surface area contributed by atoms with Crippen LogP contribution in [0.4, 0.5) is 5.69 Å². The number of rotatable bonds is 6. The molecule has 1 aromatic heterocycles. The molecule has 1 fully saturated rings. The molecule has 0 radical (unpaired) electrons. The lowest BCUT2D eigenvalue weighted by Crippen LogP contribution is -2.29. The molecule has 1 N–H and O–H groups in total. The van der Waals surface area contributed by atoms with E-state index in [9.17, 15) is 14.7 Å². The molecule has 1 aliphatic heterocycles. The molecular weight excluding hydrogens is 446 g/mol. The lowest BCUT2D eigenvalue weighted by Gasteiger charge is -2.24. The first-order chi connectivity index (χ1) is 16.6. The maximum Gasteiger partial charge on any atom is 0.300 e. The highest BCUT2D eigenvalue weighted by atomic mass is 32.1.